The molecule has 3 heterocycles. The number of nitrogens with one attached hydrogen (secondary N) is 2. The van der Waals surface area contributed by atoms with Crippen LogP contribution in [0.3, 0.4) is 0 Å². The van der Waals surface area contributed by atoms with Crippen molar-refractivity contribution in [1.82, 2.24) is 19.6 Å². The average Bonchev–Trinajstić information content (AvgIpc) is 3.37. The molecule has 1 aromatic carbocycles. The van der Waals surface area contributed by atoms with E-state index in [-0.39, 0.29) is 32.8 Å². The lowest BCUT2D eigenvalue weighted by atomic mass is 10.1. The van der Waals surface area contributed by atoms with Gasteiger partial charge in [-0.3, -0.25) is 4.98 Å². The maximum Gasteiger partial charge on any atom is 0.404 e. The van der Waals surface area contributed by atoms with Gasteiger partial charge < -0.3 is 15.0 Å². The van der Waals surface area contributed by atoms with E-state index in [1.165, 1.54) is 36.0 Å². The van der Waals surface area contributed by atoms with Crippen molar-refractivity contribution in [3.8, 4) is 17.5 Å². The number of carboxylic acid groups (broad SMARTS) is 1. The Morgan fingerprint density at radius 1 is 1.34 bits per heavy atom. The molecule has 2 aromatic heterocycles. The van der Waals surface area contributed by atoms with Gasteiger partial charge in [0.15, 0.2) is 4.99 Å². The first-order valence-corrected chi connectivity index (χ1v) is 13.1. The van der Waals surface area contributed by atoms with Crippen LogP contribution >= 0.6 is 11.8 Å². The van der Waals surface area contributed by atoms with Crippen LogP contribution in [0.1, 0.15) is 25.0 Å². The molecule has 3 aromatic rings. The number of pyridine rings is 1. The monoisotopic (exact) mass is 569 g/mol. The Kier molecular flexibility index (Phi) is 6.71. The SMILES string of the molecule is Cc1cc2c(cc1F)c(C#N)c(-c1ccc(S(=O)(=O)N[C@@H](C)C(F)(F)F)cn1)n2C1(C)NC=C(C(=O)O)S1. The van der Waals surface area contributed by atoms with E-state index < -0.39 is 43.9 Å². The van der Waals surface area contributed by atoms with Crippen LogP contribution in [0.5, 0.6) is 0 Å². The average molecular weight is 570 g/mol. The third-order valence-electron chi connectivity index (χ3n) is 5.89. The van der Waals surface area contributed by atoms with Crippen LogP contribution in [0.15, 0.2) is 46.5 Å². The van der Waals surface area contributed by atoms with Crippen molar-refractivity contribution in [2.24, 2.45) is 0 Å². The lowest BCUT2D eigenvalue weighted by molar-refractivity contribution is -0.147. The normalized spacial score (nSPS) is 18.6. The van der Waals surface area contributed by atoms with E-state index in [1.807, 2.05) is 6.07 Å². The number of hydrogen-bond donors (Lipinski definition) is 3. The summed E-state index contributed by atoms with van der Waals surface area (Å²) in [7, 11) is -4.59. The molecule has 0 fully saturated rings. The number of aliphatic carboxylic acids is 1. The van der Waals surface area contributed by atoms with Gasteiger partial charge in [0.05, 0.1) is 22.5 Å². The predicted molar refractivity (Wildman–Crippen MR) is 131 cm³/mol. The highest BCUT2D eigenvalue weighted by atomic mass is 32.2. The quantitative estimate of drug-likeness (QED) is 0.377. The van der Waals surface area contributed by atoms with Crippen molar-refractivity contribution in [1.29, 1.82) is 5.26 Å². The Morgan fingerprint density at radius 3 is 2.55 bits per heavy atom. The molecular formula is C23H19F4N5O4S2. The molecule has 3 N–H and O–H groups in total. The molecule has 38 heavy (non-hydrogen) atoms. The molecule has 0 saturated carbocycles. The Hall–Kier alpha value is -3.61. The van der Waals surface area contributed by atoms with E-state index in [4.69, 9.17) is 0 Å². The molecule has 15 heteroatoms. The molecule has 0 radical (unpaired) electrons. The highest BCUT2D eigenvalue weighted by Gasteiger charge is 2.40. The molecule has 1 unspecified atom stereocenters. The van der Waals surface area contributed by atoms with Gasteiger partial charge in [0.1, 0.15) is 27.7 Å². The number of carbonyl (C=O) groups is 1. The molecule has 1 aliphatic rings. The fraction of sp³-hybridized carbons (Fsp3) is 0.261. The summed E-state index contributed by atoms with van der Waals surface area (Å²) in [6.07, 6.45) is -2.68. The van der Waals surface area contributed by atoms with Crippen LogP contribution in [-0.2, 0) is 19.8 Å². The fourth-order valence-corrected chi connectivity index (χ4v) is 6.15. The highest BCUT2D eigenvalue weighted by molar-refractivity contribution is 8.04. The van der Waals surface area contributed by atoms with Crippen LogP contribution in [0.2, 0.25) is 0 Å². The maximum absolute atomic E-state index is 14.5. The molecule has 1 aliphatic heterocycles. The summed E-state index contributed by atoms with van der Waals surface area (Å²) in [6.45, 7) is 3.81. The summed E-state index contributed by atoms with van der Waals surface area (Å²) in [6, 6.07) is 4.55. The molecule has 200 valence electrons. The van der Waals surface area contributed by atoms with Gasteiger partial charge >= 0.3 is 12.1 Å². The largest absolute Gasteiger partial charge is 0.477 e. The second-order valence-electron chi connectivity index (χ2n) is 8.60. The fourth-order valence-electron chi connectivity index (χ4n) is 3.95. The van der Waals surface area contributed by atoms with E-state index in [0.717, 1.165) is 24.0 Å². The van der Waals surface area contributed by atoms with E-state index >= 15 is 0 Å². The number of carboxylic acids is 1. The second-order valence-corrected chi connectivity index (χ2v) is 11.7. The molecule has 4 rings (SSSR count). The van der Waals surface area contributed by atoms with E-state index in [2.05, 4.69) is 10.3 Å². The zero-order valence-electron chi connectivity index (χ0n) is 19.9. The number of hydrogen-bond acceptors (Lipinski definition) is 7. The molecule has 9 nitrogen and oxygen atoms in total. The number of aryl methyl sites for hydroxylation is 1. The third kappa shape index (κ3) is 4.70. The zero-order chi connectivity index (χ0) is 28.2. The minimum atomic E-state index is -4.80. The summed E-state index contributed by atoms with van der Waals surface area (Å²) >= 11 is 0.918. The number of nitriles is 1. The van der Waals surface area contributed by atoms with Crippen LogP contribution in [0, 0.1) is 24.1 Å². The summed E-state index contributed by atoms with van der Waals surface area (Å²) in [5, 5.41) is 22.6. The second kappa shape index (κ2) is 9.29. The molecular weight excluding hydrogens is 550 g/mol. The maximum atomic E-state index is 14.5. The summed E-state index contributed by atoms with van der Waals surface area (Å²) < 4.78 is 81.2. The molecule has 0 bridgehead atoms. The Bertz CT molecular complexity index is 1640. The van der Waals surface area contributed by atoms with Crippen LogP contribution in [0.4, 0.5) is 17.6 Å². The Balaban J connectivity index is 1.90. The number of aromatic nitrogens is 2. The Labute approximate surface area is 218 Å². The number of fused-ring (bicyclic) bond motifs is 1. The summed E-state index contributed by atoms with van der Waals surface area (Å²) in [4.78, 5) is 13.9. The number of alkyl halides is 3. The molecule has 0 amide bonds. The van der Waals surface area contributed by atoms with Gasteiger partial charge in [0.25, 0.3) is 0 Å². The number of halogens is 4. The van der Waals surface area contributed by atoms with Crippen molar-refractivity contribution in [2.75, 3.05) is 0 Å². The molecule has 0 spiro atoms. The number of thioether (sulfide) groups is 1. The predicted octanol–water partition coefficient (Wildman–Crippen LogP) is 4.14. The topological polar surface area (TPSA) is 137 Å². The number of benzene rings is 1. The van der Waals surface area contributed by atoms with Gasteiger partial charge in [0.2, 0.25) is 10.0 Å². The van der Waals surface area contributed by atoms with E-state index in [0.29, 0.717) is 12.4 Å². The van der Waals surface area contributed by atoms with Crippen LogP contribution < -0.4 is 10.0 Å². The summed E-state index contributed by atoms with van der Waals surface area (Å²) in [5.41, 5.74) is 0.779. The first-order valence-electron chi connectivity index (χ1n) is 10.8. The van der Waals surface area contributed by atoms with Gasteiger partial charge in [-0.25, -0.2) is 17.6 Å². The highest BCUT2D eigenvalue weighted by Crippen LogP contribution is 2.46. The third-order valence-corrected chi connectivity index (χ3v) is 8.63. The van der Waals surface area contributed by atoms with Gasteiger partial charge in [-0.1, -0.05) is 11.8 Å². The standard InChI is InChI=1S/C23H19F4N5O4S2/c1-11-6-18-14(7-16(11)24)15(8-28)20(32(18)22(3)30-10-19(37-22)21(33)34)17-5-4-13(9-29-17)38(35,36)31-12(2)23(25,26)27/h4-7,9-10,12,30-31H,1-3H3,(H,33,34)/t12-,22?/m0/s1. The van der Waals surface area contributed by atoms with E-state index in [1.54, 1.807) is 11.5 Å². The summed E-state index contributed by atoms with van der Waals surface area (Å²) in [5.74, 6) is -1.78. The molecule has 0 saturated heterocycles. The smallest absolute Gasteiger partial charge is 0.404 e. The van der Waals surface area contributed by atoms with Gasteiger partial charge in [-0.05, 0) is 50.6 Å². The Morgan fingerprint density at radius 2 is 2.03 bits per heavy atom. The first-order chi connectivity index (χ1) is 17.6. The minimum absolute atomic E-state index is 0.0155. The van der Waals surface area contributed by atoms with Crippen molar-refractivity contribution in [3.05, 3.63) is 58.5 Å². The van der Waals surface area contributed by atoms with E-state index in [9.17, 15) is 41.1 Å². The molecule has 2 atom stereocenters. The van der Waals surface area contributed by atoms with Crippen molar-refractivity contribution in [2.45, 2.75) is 42.9 Å². The minimum Gasteiger partial charge on any atom is -0.477 e. The first kappa shape index (κ1) is 27.4. The lowest BCUT2D eigenvalue weighted by Crippen LogP contribution is -2.42. The zero-order valence-corrected chi connectivity index (χ0v) is 21.5. The van der Waals surface area contributed by atoms with Crippen molar-refractivity contribution < 1.29 is 35.9 Å². The van der Waals surface area contributed by atoms with Crippen molar-refractivity contribution >= 4 is 38.7 Å². The van der Waals surface area contributed by atoms with Gasteiger partial charge in [-0.15, -0.1) is 0 Å². The number of sulfonamides is 1. The van der Waals surface area contributed by atoms with Crippen LogP contribution in [-0.4, -0.2) is 41.3 Å². The number of rotatable bonds is 6. The molecule has 0 aliphatic carbocycles. The van der Waals surface area contributed by atoms with Gasteiger partial charge in [-0.2, -0.15) is 23.2 Å². The van der Waals surface area contributed by atoms with Crippen molar-refractivity contribution in [3.63, 3.8) is 0 Å². The van der Waals surface area contributed by atoms with Gasteiger partial charge in [0, 0.05) is 17.8 Å². The number of nitrogens with zero attached hydrogens (tertiary/aromatic N) is 3. The lowest BCUT2D eigenvalue weighted by Gasteiger charge is -2.30. The van der Waals surface area contributed by atoms with Crippen LogP contribution in [0.25, 0.3) is 22.3 Å².